The van der Waals surface area contributed by atoms with Crippen molar-refractivity contribution in [3.63, 3.8) is 0 Å². The fraction of sp³-hybridized carbons (Fsp3) is 0.0833. The van der Waals surface area contributed by atoms with Crippen LogP contribution in [0.15, 0.2) is 55.1 Å². The van der Waals surface area contributed by atoms with Gasteiger partial charge in [0, 0.05) is 0 Å². The highest BCUT2D eigenvalue weighted by molar-refractivity contribution is 5.78. The summed E-state index contributed by atoms with van der Waals surface area (Å²) in [6.07, 6.45) is 4.83. The first kappa shape index (κ1) is 10.3. The third-order valence-electron chi connectivity index (χ3n) is 1.86. The summed E-state index contributed by atoms with van der Waals surface area (Å²) in [6.45, 7) is 3.51. The number of carboxylic acids is 1. The molecule has 0 aliphatic heterocycles. The first-order chi connectivity index (χ1) is 6.75. The van der Waals surface area contributed by atoms with Gasteiger partial charge in [-0.1, -0.05) is 55.1 Å². The van der Waals surface area contributed by atoms with E-state index in [1.165, 1.54) is 0 Å². The molecule has 0 fully saturated rings. The van der Waals surface area contributed by atoms with Gasteiger partial charge in [-0.2, -0.15) is 0 Å². The molecule has 0 saturated carbocycles. The van der Waals surface area contributed by atoms with E-state index in [1.807, 2.05) is 18.2 Å². The zero-order valence-electron chi connectivity index (χ0n) is 7.76. The largest absolute Gasteiger partial charge is 0.481 e. The Kier molecular flexibility index (Phi) is 3.68. The van der Waals surface area contributed by atoms with Gasteiger partial charge in [-0.05, 0) is 5.56 Å². The Morgan fingerprint density at radius 1 is 1.36 bits per heavy atom. The van der Waals surface area contributed by atoms with Crippen molar-refractivity contribution in [3.8, 4) is 0 Å². The number of carboxylic acid groups (broad SMARTS) is 1. The quantitative estimate of drug-likeness (QED) is 0.737. The Morgan fingerprint density at radius 3 is 2.50 bits per heavy atom. The molecule has 0 aromatic heterocycles. The van der Waals surface area contributed by atoms with E-state index in [2.05, 4.69) is 6.58 Å². The lowest BCUT2D eigenvalue weighted by Gasteiger charge is -2.06. The van der Waals surface area contributed by atoms with Gasteiger partial charge in [-0.15, -0.1) is 0 Å². The van der Waals surface area contributed by atoms with E-state index in [-0.39, 0.29) is 0 Å². The second-order valence-corrected chi connectivity index (χ2v) is 2.85. The normalized spacial score (nSPS) is 12.6. The Hall–Kier alpha value is -1.83. The number of benzene rings is 1. The zero-order valence-corrected chi connectivity index (χ0v) is 7.76. The van der Waals surface area contributed by atoms with Gasteiger partial charge in [0.05, 0.1) is 0 Å². The molecule has 0 radical (unpaired) electrons. The Morgan fingerprint density at radius 2 is 2.00 bits per heavy atom. The summed E-state index contributed by atoms with van der Waals surface area (Å²) in [4.78, 5) is 10.9. The molecule has 0 aliphatic carbocycles. The van der Waals surface area contributed by atoms with Crippen LogP contribution in [0.2, 0.25) is 0 Å². The van der Waals surface area contributed by atoms with Crippen LogP contribution in [0.3, 0.4) is 0 Å². The van der Waals surface area contributed by atoms with Gasteiger partial charge < -0.3 is 5.11 Å². The SMILES string of the molecule is C=CC=CC(C(=O)O)c1ccccc1. The number of carbonyl (C=O) groups is 1. The fourth-order valence-electron chi connectivity index (χ4n) is 1.19. The molecular weight excluding hydrogens is 176 g/mol. The van der Waals surface area contributed by atoms with Crippen molar-refractivity contribution in [2.45, 2.75) is 5.92 Å². The summed E-state index contributed by atoms with van der Waals surface area (Å²) in [5.74, 6) is -1.44. The van der Waals surface area contributed by atoms with Crippen molar-refractivity contribution < 1.29 is 9.90 Å². The predicted octanol–water partition coefficient (Wildman–Crippen LogP) is 2.60. The minimum absolute atomic E-state index is 0.589. The standard InChI is InChI=1S/C12H12O2/c1-2-3-9-11(12(13)14)10-7-5-4-6-8-10/h2-9,11H,1H2,(H,13,14). The van der Waals surface area contributed by atoms with Crippen LogP contribution in [0.4, 0.5) is 0 Å². The maximum absolute atomic E-state index is 10.9. The van der Waals surface area contributed by atoms with Crippen molar-refractivity contribution >= 4 is 5.97 Å². The molecule has 1 aromatic carbocycles. The van der Waals surface area contributed by atoms with Gasteiger partial charge in [-0.3, -0.25) is 4.79 Å². The van der Waals surface area contributed by atoms with Gasteiger partial charge in [-0.25, -0.2) is 0 Å². The molecule has 2 heteroatoms. The van der Waals surface area contributed by atoms with Crippen LogP contribution in [0.25, 0.3) is 0 Å². The first-order valence-electron chi connectivity index (χ1n) is 4.32. The highest BCUT2D eigenvalue weighted by atomic mass is 16.4. The van der Waals surface area contributed by atoms with Crippen LogP contribution in [-0.2, 0) is 4.79 Å². The van der Waals surface area contributed by atoms with Crippen LogP contribution in [0, 0.1) is 0 Å². The topological polar surface area (TPSA) is 37.3 Å². The Balaban J connectivity index is 2.94. The lowest BCUT2D eigenvalue weighted by Crippen LogP contribution is -2.08. The minimum Gasteiger partial charge on any atom is -0.481 e. The number of allylic oxidation sites excluding steroid dienone is 2. The lowest BCUT2D eigenvalue weighted by atomic mass is 9.99. The monoisotopic (exact) mass is 188 g/mol. The van der Waals surface area contributed by atoms with Crippen LogP contribution >= 0.6 is 0 Å². The zero-order chi connectivity index (χ0) is 10.4. The highest BCUT2D eigenvalue weighted by Gasteiger charge is 2.14. The molecule has 0 spiro atoms. The van der Waals surface area contributed by atoms with Crippen molar-refractivity contribution in [2.75, 3.05) is 0 Å². The van der Waals surface area contributed by atoms with E-state index in [0.717, 1.165) is 5.56 Å². The summed E-state index contributed by atoms with van der Waals surface area (Å²) in [7, 11) is 0. The number of aliphatic carboxylic acids is 1. The third-order valence-corrected chi connectivity index (χ3v) is 1.86. The second kappa shape index (κ2) is 5.02. The number of hydrogen-bond donors (Lipinski definition) is 1. The van der Waals surface area contributed by atoms with Crippen LogP contribution in [-0.4, -0.2) is 11.1 Å². The smallest absolute Gasteiger partial charge is 0.314 e. The first-order valence-corrected chi connectivity index (χ1v) is 4.32. The average molecular weight is 188 g/mol. The van der Waals surface area contributed by atoms with Gasteiger partial charge in [0.15, 0.2) is 0 Å². The molecule has 1 unspecified atom stereocenters. The molecule has 0 heterocycles. The fourth-order valence-corrected chi connectivity index (χ4v) is 1.19. The molecule has 1 rings (SSSR count). The summed E-state index contributed by atoms with van der Waals surface area (Å²) in [6, 6.07) is 9.11. The van der Waals surface area contributed by atoms with Crippen LogP contribution in [0.5, 0.6) is 0 Å². The van der Waals surface area contributed by atoms with E-state index < -0.39 is 11.9 Å². The number of rotatable bonds is 4. The van der Waals surface area contributed by atoms with E-state index in [0.29, 0.717) is 0 Å². The molecule has 14 heavy (non-hydrogen) atoms. The van der Waals surface area contributed by atoms with Crippen molar-refractivity contribution in [2.24, 2.45) is 0 Å². The van der Waals surface area contributed by atoms with Crippen molar-refractivity contribution in [3.05, 3.63) is 60.7 Å². The molecule has 1 aromatic rings. The molecule has 0 aliphatic rings. The van der Waals surface area contributed by atoms with E-state index in [1.54, 1.807) is 30.4 Å². The molecule has 0 bridgehead atoms. The summed E-state index contributed by atoms with van der Waals surface area (Å²) in [5.41, 5.74) is 0.776. The molecule has 72 valence electrons. The lowest BCUT2D eigenvalue weighted by molar-refractivity contribution is -0.137. The summed E-state index contributed by atoms with van der Waals surface area (Å²) >= 11 is 0. The predicted molar refractivity (Wildman–Crippen MR) is 56.2 cm³/mol. The minimum atomic E-state index is -0.852. The van der Waals surface area contributed by atoms with Crippen molar-refractivity contribution in [1.29, 1.82) is 0 Å². The Bertz CT molecular complexity index is 339. The van der Waals surface area contributed by atoms with E-state index >= 15 is 0 Å². The summed E-state index contributed by atoms with van der Waals surface area (Å²) < 4.78 is 0. The molecule has 2 nitrogen and oxygen atoms in total. The van der Waals surface area contributed by atoms with E-state index in [9.17, 15) is 4.79 Å². The molecule has 0 amide bonds. The van der Waals surface area contributed by atoms with Crippen LogP contribution < -0.4 is 0 Å². The van der Waals surface area contributed by atoms with Gasteiger partial charge >= 0.3 is 5.97 Å². The molecule has 1 N–H and O–H groups in total. The maximum Gasteiger partial charge on any atom is 0.314 e. The maximum atomic E-state index is 10.9. The molecular formula is C12H12O2. The molecule has 1 atom stereocenters. The number of hydrogen-bond acceptors (Lipinski definition) is 1. The van der Waals surface area contributed by atoms with Gasteiger partial charge in [0.1, 0.15) is 5.92 Å². The van der Waals surface area contributed by atoms with Crippen LogP contribution in [0.1, 0.15) is 11.5 Å². The third kappa shape index (κ3) is 2.59. The second-order valence-electron chi connectivity index (χ2n) is 2.85. The van der Waals surface area contributed by atoms with Gasteiger partial charge in [0.25, 0.3) is 0 Å². The Labute approximate surface area is 83.2 Å². The van der Waals surface area contributed by atoms with Crippen molar-refractivity contribution in [1.82, 2.24) is 0 Å². The summed E-state index contributed by atoms with van der Waals surface area (Å²) in [5, 5.41) is 8.97. The highest BCUT2D eigenvalue weighted by Crippen LogP contribution is 2.16. The average Bonchev–Trinajstić information content (AvgIpc) is 2.19. The molecule has 0 saturated heterocycles. The van der Waals surface area contributed by atoms with Gasteiger partial charge in [0.2, 0.25) is 0 Å². The van der Waals surface area contributed by atoms with E-state index in [4.69, 9.17) is 5.11 Å².